The van der Waals surface area contributed by atoms with Crippen molar-refractivity contribution in [3.63, 3.8) is 0 Å². The Balaban J connectivity index is 2.50. The average Bonchev–Trinajstić information content (AvgIpc) is 2.02. The lowest BCUT2D eigenvalue weighted by Crippen LogP contribution is -2.10. The Hall–Kier alpha value is -0.890. The van der Waals surface area contributed by atoms with E-state index in [0.29, 0.717) is 5.56 Å². The SMILES string of the molecule is O=[P+](Cc1ccccc1)CC(F)(F)F. The van der Waals surface area contributed by atoms with Gasteiger partial charge in [-0.05, 0) is 5.56 Å². The number of rotatable bonds is 3. The summed E-state index contributed by atoms with van der Waals surface area (Å²) in [7, 11) is -2.22. The molecule has 5 heteroatoms. The van der Waals surface area contributed by atoms with E-state index in [1.54, 1.807) is 30.3 Å². The molecular weight excluding hydrogens is 212 g/mol. The Morgan fingerprint density at radius 1 is 1.14 bits per heavy atom. The molecule has 0 saturated heterocycles. The largest absolute Gasteiger partial charge is 0.432 e. The third kappa shape index (κ3) is 4.38. The highest BCUT2D eigenvalue weighted by Gasteiger charge is 2.38. The molecule has 1 aromatic rings. The van der Waals surface area contributed by atoms with Crippen molar-refractivity contribution < 1.29 is 17.7 Å². The van der Waals surface area contributed by atoms with Gasteiger partial charge >= 0.3 is 14.0 Å². The summed E-state index contributed by atoms with van der Waals surface area (Å²) < 4.78 is 46.5. The molecule has 0 amide bonds. The van der Waals surface area contributed by atoms with E-state index in [-0.39, 0.29) is 6.16 Å². The van der Waals surface area contributed by atoms with Crippen LogP contribution in [0.4, 0.5) is 13.2 Å². The number of halogens is 3. The second-order valence-electron chi connectivity index (χ2n) is 2.90. The van der Waals surface area contributed by atoms with Gasteiger partial charge in [-0.1, -0.05) is 34.9 Å². The van der Waals surface area contributed by atoms with Crippen molar-refractivity contribution in [2.24, 2.45) is 0 Å². The second kappa shape index (κ2) is 4.56. The van der Waals surface area contributed by atoms with Crippen LogP contribution in [0.25, 0.3) is 0 Å². The lowest BCUT2D eigenvalue weighted by molar-refractivity contribution is -0.106. The average molecular weight is 221 g/mol. The first-order valence-electron chi connectivity index (χ1n) is 4.00. The van der Waals surface area contributed by atoms with Crippen molar-refractivity contribution >= 4 is 7.80 Å². The van der Waals surface area contributed by atoms with Crippen LogP contribution < -0.4 is 0 Å². The monoisotopic (exact) mass is 221 g/mol. The van der Waals surface area contributed by atoms with E-state index in [2.05, 4.69) is 0 Å². The predicted octanol–water partition coefficient (Wildman–Crippen LogP) is 3.58. The third-order valence-electron chi connectivity index (χ3n) is 1.56. The summed E-state index contributed by atoms with van der Waals surface area (Å²) in [5, 5.41) is 0. The van der Waals surface area contributed by atoms with E-state index in [4.69, 9.17) is 0 Å². The smallest absolute Gasteiger partial charge is 0.166 e. The van der Waals surface area contributed by atoms with E-state index in [9.17, 15) is 17.7 Å². The molecule has 0 N–H and O–H groups in total. The molecule has 0 heterocycles. The van der Waals surface area contributed by atoms with Crippen molar-refractivity contribution in [3.8, 4) is 0 Å². The Bertz CT molecular complexity index is 308. The predicted molar refractivity (Wildman–Crippen MR) is 48.7 cm³/mol. The minimum Gasteiger partial charge on any atom is -0.166 e. The van der Waals surface area contributed by atoms with Crippen molar-refractivity contribution in [1.82, 2.24) is 0 Å². The van der Waals surface area contributed by atoms with Crippen LogP contribution in [-0.4, -0.2) is 12.3 Å². The maximum absolute atomic E-state index is 11.8. The van der Waals surface area contributed by atoms with Gasteiger partial charge in [-0.2, -0.15) is 13.2 Å². The van der Waals surface area contributed by atoms with Crippen molar-refractivity contribution in [1.29, 1.82) is 0 Å². The quantitative estimate of drug-likeness (QED) is 0.713. The van der Waals surface area contributed by atoms with Gasteiger partial charge in [0.1, 0.15) is 0 Å². The van der Waals surface area contributed by atoms with Crippen molar-refractivity contribution in [3.05, 3.63) is 35.9 Å². The molecule has 14 heavy (non-hydrogen) atoms. The van der Waals surface area contributed by atoms with E-state index in [1.165, 1.54) is 0 Å². The zero-order chi connectivity index (χ0) is 10.6. The zero-order valence-corrected chi connectivity index (χ0v) is 8.18. The third-order valence-corrected chi connectivity index (χ3v) is 2.99. The molecule has 1 aromatic carbocycles. The molecule has 0 aliphatic heterocycles. The molecule has 1 unspecified atom stereocenters. The van der Waals surface area contributed by atoms with Gasteiger partial charge in [0.15, 0.2) is 6.16 Å². The number of alkyl halides is 3. The summed E-state index contributed by atoms with van der Waals surface area (Å²) in [6.45, 7) is 0. The molecule has 76 valence electrons. The second-order valence-corrected chi connectivity index (χ2v) is 4.49. The highest BCUT2D eigenvalue weighted by molar-refractivity contribution is 7.43. The summed E-state index contributed by atoms with van der Waals surface area (Å²) in [6.07, 6.45) is -5.53. The molecule has 1 nitrogen and oxygen atoms in total. The van der Waals surface area contributed by atoms with Crippen LogP contribution >= 0.6 is 7.80 Å². The van der Waals surface area contributed by atoms with Crippen LogP contribution in [0.2, 0.25) is 0 Å². The van der Waals surface area contributed by atoms with Crippen LogP contribution in [0, 0.1) is 0 Å². The number of hydrogen-bond acceptors (Lipinski definition) is 1. The zero-order valence-electron chi connectivity index (χ0n) is 7.29. The van der Waals surface area contributed by atoms with Crippen LogP contribution in [0.3, 0.4) is 0 Å². The molecule has 0 radical (unpaired) electrons. The molecule has 1 rings (SSSR count). The first-order valence-corrected chi connectivity index (χ1v) is 5.63. The number of hydrogen-bond donors (Lipinski definition) is 0. The normalized spacial score (nSPS) is 12.6. The van der Waals surface area contributed by atoms with Crippen molar-refractivity contribution in [2.45, 2.75) is 12.3 Å². The van der Waals surface area contributed by atoms with Gasteiger partial charge < -0.3 is 0 Å². The van der Waals surface area contributed by atoms with Gasteiger partial charge in [-0.25, -0.2) is 0 Å². The standard InChI is InChI=1S/C9H9F3OP/c10-9(11,12)7-14(13)6-8-4-2-1-3-5-8/h1-5H,6-7H2/q+1. The van der Waals surface area contributed by atoms with E-state index in [1.807, 2.05) is 0 Å². The van der Waals surface area contributed by atoms with Gasteiger partial charge in [0.25, 0.3) is 0 Å². The first-order chi connectivity index (χ1) is 6.47. The van der Waals surface area contributed by atoms with Gasteiger partial charge in [0.05, 0.1) is 0 Å². The summed E-state index contributed by atoms with van der Waals surface area (Å²) >= 11 is 0. The molecule has 0 saturated carbocycles. The van der Waals surface area contributed by atoms with E-state index in [0.717, 1.165) is 0 Å². The maximum Gasteiger partial charge on any atom is 0.432 e. The Morgan fingerprint density at radius 3 is 2.21 bits per heavy atom. The first kappa shape index (κ1) is 11.2. The lowest BCUT2D eigenvalue weighted by atomic mass is 10.2. The van der Waals surface area contributed by atoms with Crippen molar-refractivity contribution in [2.75, 3.05) is 6.16 Å². The molecule has 0 aromatic heterocycles. The van der Waals surface area contributed by atoms with Crippen LogP contribution in [0.1, 0.15) is 5.56 Å². The van der Waals surface area contributed by atoms with Crippen LogP contribution in [0.5, 0.6) is 0 Å². The van der Waals surface area contributed by atoms with Gasteiger partial charge in [0.2, 0.25) is 6.16 Å². The van der Waals surface area contributed by atoms with Gasteiger partial charge in [-0.3, -0.25) is 0 Å². The molecule has 0 fully saturated rings. The molecule has 0 bridgehead atoms. The summed E-state index contributed by atoms with van der Waals surface area (Å²) in [5.74, 6) is 0. The van der Waals surface area contributed by atoms with Crippen LogP contribution in [0.15, 0.2) is 30.3 Å². The van der Waals surface area contributed by atoms with E-state index >= 15 is 0 Å². The highest BCUT2D eigenvalue weighted by Crippen LogP contribution is 2.34. The molecule has 0 aliphatic rings. The molecule has 0 aliphatic carbocycles. The Morgan fingerprint density at radius 2 is 1.71 bits per heavy atom. The highest BCUT2D eigenvalue weighted by atomic mass is 31.1. The Labute approximate surface area is 80.7 Å². The fourth-order valence-corrected chi connectivity index (χ4v) is 2.17. The summed E-state index contributed by atoms with van der Waals surface area (Å²) in [5.41, 5.74) is 0.679. The van der Waals surface area contributed by atoms with Crippen LogP contribution in [-0.2, 0) is 10.7 Å². The summed E-state index contributed by atoms with van der Waals surface area (Å²) in [6, 6.07) is 8.53. The topological polar surface area (TPSA) is 17.1 Å². The maximum atomic E-state index is 11.8. The van der Waals surface area contributed by atoms with Gasteiger partial charge in [0, 0.05) is 0 Å². The molecular formula is C9H9F3OP+. The minimum absolute atomic E-state index is 0.00428. The molecule has 1 atom stereocenters. The van der Waals surface area contributed by atoms with E-state index < -0.39 is 20.1 Å². The Kier molecular flexibility index (Phi) is 3.64. The number of benzene rings is 1. The molecule has 0 spiro atoms. The van der Waals surface area contributed by atoms with Gasteiger partial charge in [-0.15, -0.1) is 0 Å². The minimum atomic E-state index is -4.33. The lowest BCUT2D eigenvalue weighted by Gasteiger charge is -1.97. The fourth-order valence-electron chi connectivity index (χ4n) is 1.04. The summed E-state index contributed by atoms with van der Waals surface area (Å²) in [4.78, 5) is 0. The fraction of sp³-hybridized carbons (Fsp3) is 0.333.